The van der Waals surface area contributed by atoms with Crippen molar-refractivity contribution in [2.75, 3.05) is 6.61 Å². The van der Waals surface area contributed by atoms with E-state index in [0.29, 0.717) is 18.4 Å². The van der Waals surface area contributed by atoms with Crippen LogP contribution in [-0.4, -0.2) is 11.6 Å². The van der Waals surface area contributed by atoms with Crippen molar-refractivity contribution in [3.05, 3.63) is 35.5 Å². The van der Waals surface area contributed by atoms with E-state index in [4.69, 9.17) is 9.15 Å². The molecule has 1 aromatic heterocycles. The number of benzene rings is 1. The molecule has 3 nitrogen and oxygen atoms in total. The number of hydrogen-bond donors (Lipinski definition) is 0. The van der Waals surface area contributed by atoms with Crippen molar-refractivity contribution in [2.24, 2.45) is 0 Å². The van der Waals surface area contributed by atoms with Gasteiger partial charge >= 0.3 is 5.95 Å². The Bertz CT molecular complexity index is 488. The first-order chi connectivity index (χ1) is 7.70. The fourth-order valence-corrected chi connectivity index (χ4v) is 1.48. The van der Waals surface area contributed by atoms with Crippen molar-refractivity contribution in [2.45, 2.75) is 20.8 Å². The highest BCUT2D eigenvalue weighted by molar-refractivity contribution is 5.55. The third-order valence-electron chi connectivity index (χ3n) is 2.52. The van der Waals surface area contributed by atoms with Crippen molar-refractivity contribution in [1.29, 1.82) is 0 Å². The van der Waals surface area contributed by atoms with Crippen molar-refractivity contribution >= 4 is 0 Å². The lowest BCUT2D eigenvalue weighted by Gasteiger charge is -2.01. The maximum Gasteiger partial charge on any atom is 0.305 e. The molecule has 0 fully saturated rings. The van der Waals surface area contributed by atoms with Crippen molar-refractivity contribution in [3.8, 4) is 17.4 Å². The molecule has 1 aromatic carbocycles. The molecule has 84 valence electrons. The number of aryl methyl sites for hydroxylation is 2. The van der Waals surface area contributed by atoms with Crippen LogP contribution in [0.4, 0.5) is 0 Å². The van der Waals surface area contributed by atoms with Crippen molar-refractivity contribution in [1.82, 2.24) is 4.98 Å². The maximum atomic E-state index is 5.47. The number of ether oxygens (including phenoxy) is 1. The molecule has 0 saturated heterocycles. The van der Waals surface area contributed by atoms with Crippen LogP contribution in [0.3, 0.4) is 0 Å². The Morgan fingerprint density at radius 3 is 2.75 bits per heavy atom. The molecule has 16 heavy (non-hydrogen) atoms. The van der Waals surface area contributed by atoms with Gasteiger partial charge in [0.25, 0.3) is 0 Å². The topological polar surface area (TPSA) is 35.3 Å². The fraction of sp³-hybridized carbons (Fsp3) is 0.308. The molecule has 0 aliphatic rings. The molecule has 0 unspecified atom stereocenters. The zero-order chi connectivity index (χ0) is 11.5. The second kappa shape index (κ2) is 4.39. The summed E-state index contributed by atoms with van der Waals surface area (Å²) >= 11 is 0. The van der Waals surface area contributed by atoms with Crippen LogP contribution in [0.25, 0.3) is 11.5 Å². The Balaban J connectivity index is 2.31. The van der Waals surface area contributed by atoms with Gasteiger partial charge in [-0.25, -0.2) is 4.98 Å². The molecule has 2 rings (SSSR count). The van der Waals surface area contributed by atoms with E-state index in [0.717, 1.165) is 5.56 Å². The Kier molecular flexibility index (Phi) is 2.95. The van der Waals surface area contributed by atoms with Crippen LogP contribution in [0.5, 0.6) is 5.95 Å². The highest BCUT2D eigenvalue weighted by atomic mass is 16.6. The van der Waals surface area contributed by atoms with E-state index >= 15 is 0 Å². The van der Waals surface area contributed by atoms with Crippen LogP contribution in [-0.2, 0) is 0 Å². The number of oxazole rings is 1. The van der Waals surface area contributed by atoms with Gasteiger partial charge in [-0.2, -0.15) is 0 Å². The molecule has 1 heterocycles. The lowest BCUT2D eigenvalue weighted by molar-refractivity contribution is 0.260. The van der Waals surface area contributed by atoms with E-state index in [9.17, 15) is 0 Å². The summed E-state index contributed by atoms with van der Waals surface area (Å²) in [5.41, 5.74) is 3.48. The summed E-state index contributed by atoms with van der Waals surface area (Å²) in [7, 11) is 0. The minimum Gasteiger partial charge on any atom is -0.464 e. The zero-order valence-electron chi connectivity index (χ0n) is 9.78. The fourth-order valence-electron chi connectivity index (χ4n) is 1.48. The summed E-state index contributed by atoms with van der Waals surface area (Å²) < 4.78 is 10.7. The normalized spacial score (nSPS) is 10.4. The molecule has 0 saturated carbocycles. The lowest BCUT2D eigenvalue weighted by Crippen LogP contribution is -1.88. The average Bonchev–Trinajstić information content (AvgIpc) is 2.71. The van der Waals surface area contributed by atoms with Gasteiger partial charge in [0, 0.05) is 5.56 Å². The summed E-state index contributed by atoms with van der Waals surface area (Å²) in [5.74, 6) is 1.07. The van der Waals surface area contributed by atoms with Crippen LogP contribution in [0.2, 0.25) is 0 Å². The summed E-state index contributed by atoms with van der Waals surface area (Å²) in [6.07, 6.45) is 1.61. The first kappa shape index (κ1) is 10.7. The van der Waals surface area contributed by atoms with Crippen molar-refractivity contribution < 1.29 is 9.15 Å². The largest absolute Gasteiger partial charge is 0.464 e. The zero-order valence-corrected chi connectivity index (χ0v) is 9.78. The summed E-state index contributed by atoms with van der Waals surface area (Å²) in [4.78, 5) is 4.18. The third kappa shape index (κ3) is 2.08. The monoisotopic (exact) mass is 217 g/mol. The van der Waals surface area contributed by atoms with E-state index in [-0.39, 0.29) is 0 Å². The number of aromatic nitrogens is 1. The number of hydrogen-bond acceptors (Lipinski definition) is 3. The Morgan fingerprint density at radius 1 is 1.25 bits per heavy atom. The van der Waals surface area contributed by atoms with Gasteiger partial charge in [-0.3, -0.25) is 0 Å². The van der Waals surface area contributed by atoms with Crippen LogP contribution in [0.15, 0.2) is 28.8 Å². The van der Waals surface area contributed by atoms with Crippen LogP contribution in [0.1, 0.15) is 18.1 Å². The van der Waals surface area contributed by atoms with Crippen LogP contribution >= 0.6 is 0 Å². The minimum atomic E-state index is 0.468. The van der Waals surface area contributed by atoms with Crippen molar-refractivity contribution in [3.63, 3.8) is 0 Å². The highest BCUT2D eigenvalue weighted by Crippen LogP contribution is 2.24. The molecule has 0 atom stereocenters. The number of nitrogens with zero attached hydrogens (tertiary/aromatic N) is 1. The van der Waals surface area contributed by atoms with Gasteiger partial charge in [-0.15, -0.1) is 0 Å². The van der Waals surface area contributed by atoms with Gasteiger partial charge in [-0.1, -0.05) is 6.07 Å². The average molecular weight is 217 g/mol. The SMILES string of the molecule is CCOc1cnc(-c2ccc(C)c(C)c2)o1. The molecule has 0 amide bonds. The van der Waals surface area contributed by atoms with E-state index < -0.39 is 0 Å². The van der Waals surface area contributed by atoms with Gasteiger partial charge < -0.3 is 9.15 Å². The molecule has 0 N–H and O–H groups in total. The standard InChI is InChI=1S/C13H15NO2/c1-4-15-12-8-14-13(16-12)11-6-5-9(2)10(3)7-11/h5-8H,4H2,1-3H3. The second-order valence-electron chi connectivity index (χ2n) is 3.72. The molecule has 0 bridgehead atoms. The van der Waals surface area contributed by atoms with E-state index in [1.165, 1.54) is 11.1 Å². The maximum absolute atomic E-state index is 5.47. The summed E-state index contributed by atoms with van der Waals surface area (Å²) in [5, 5.41) is 0. The van der Waals surface area contributed by atoms with Crippen LogP contribution in [0, 0.1) is 13.8 Å². The molecule has 0 spiro atoms. The Hall–Kier alpha value is -1.77. The molecule has 0 aliphatic heterocycles. The molecule has 2 aromatic rings. The Morgan fingerprint density at radius 2 is 2.06 bits per heavy atom. The molecule has 3 heteroatoms. The molecular formula is C13H15NO2. The quantitative estimate of drug-likeness (QED) is 0.790. The summed E-state index contributed by atoms with van der Waals surface area (Å²) in [6, 6.07) is 6.13. The molecule has 0 aliphatic carbocycles. The number of rotatable bonds is 3. The highest BCUT2D eigenvalue weighted by Gasteiger charge is 2.07. The van der Waals surface area contributed by atoms with Gasteiger partial charge in [0.1, 0.15) is 6.20 Å². The van der Waals surface area contributed by atoms with Crippen LogP contribution < -0.4 is 4.74 Å². The first-order valence-electron chi connectivity index (χ1n) is 5.37. The molecular weight excluding hydrogens is 202 g/mol. The van der Waals surface area contributed by atoms with Gasteiger partial charge in [-0.05, 0) is 44.0 Å². The lowest BCUT2D eigenvalue weighted by atomic mass is 10.1. The molecule has 0 radical (unpaired) electrons. The van der Waals surface area contributed by atoms with E-state index in [2.05, 4.69) is 31.0 Å². The third-order valence-corrected chi connectivity index (χ3v) is 2.52. The summed E-state index contributed by atoms with van der Waals surface area (Å²) in [6.45, 7) is 6.66. The minimum absolute atomic E-state index is 0.468. The Labute approximate surface area is 95.1 Å². The van der Waals surface area contributed by atoms with Gasteiger partial charge in [0.15, 0.2) is 0 Å². The van der Waals surface area contributed by atoms with E-state index in [1.807, 2.05) is 13.0 Å². The smallest absolute Gasteiger partial charge is 0.305 e. The predicted octanol–water partition coefficient (Wildman–Crippen LogP) is 3.36. The predicted molar refractivity (Wildman–Crippen MR) is 62.6 cm³/mol. The first-order valence-corrected chi connectivity index (χ1v) is 5.37. The van der Waals surface area contributed by atoms with Gasteiger partial charge in [0.2, 0.25) is 5.89 Å². The van der Waals surface area contributed by atoms with E-state index in [1.54, 1.807) is 6.20 Å². The van der Waals surface area contributed by atoms with Gasteiger partial charge in [0.05, 0.1) is 6.61 Å². The second-order valence-corrected chi connectivity index (χ2v) is 3.72.